The molecule has 2 fully saturated rings. The Hall–Kier alpha value is -1.80. The summed E-state index contributed by atoms with van der Waals surface area (Å²) in [7, 11) is 0. The first kappa shape index (κ1) is 15.1. The normalized spacial score (nSPS) is 30.6. The smallest absolute Gasteiger partial charge is 0.352 e. The standard InChI is InChI=1S/C14H17N3O4S/c1-2-7-6-22-13-9(12(19)17(13)10(7)14(20)21)16-11(18)8-4-3-5-15-8/h2,8-9,13,15H,1,3-6H2,(H,16,18)(H,20,21)/t8-,9+,13+/m0/s1. The van der Waals surface area contributed by atoms with Crippen LogP contribution in [0.1, 0.15) is 12.8 Å². The van der Waals surface area contributed by atoms with Crippen LogP contribution in [0.5, 0.6) is 0 Å². The molecule has 7 nitrogen and oxygen atoms in total. The van der Waals surface area contributed by atoms with Crippen LogP contribution < -0.4 is 10.6 Å². The maximum atomic E-state index is 12.3. The number of rotatable bonds is 4. The van der Waals surface area contributed by atoms with Crippen molar-refractivity contribution in [3.05, 3.63) is 23.9 Å². The van der Waals surface area contributed by atoms with Gasteiger partial charge in [-0.15, -0.1) is 11.8 Å². The van der Waals surface area contributed by atoms with Gasteiger partial charge in [-0.05, 0) is 25.0 Å². The van der Waals surface area contributed by atoms with Crippen molar-refractivity contribution in [1.82, 2.24) is 15.5 Å². The van der Waals surface area contributed by atoms with Crippen LogP contribution in [-0.4, -0.2) is 57.5 Å². The van der Waals surface area contributed by atoms with E-state index in [1.54, 1.807) is 0 Å². The molecule has 0 aliphatic carbocycles. The molecule has 3 aliphatic rings. The largest absolute Gasteiger partial charge is 0.477 e. The van der Waals surface area contributed by atoms with Crippen molar-refractivity contribution in [2.75, 3.05) is 12.3 Å². The second-order valence-corrected chi connectivity index (χ2v) is 6.53. The molecule has 3 heterocycles. The minimum Gasteiger partial charge on any atom is -0.477 e. The molecule has 8 heteroatoms. The van der Waals surface area contributed by atoms with Gasteiger partial charge in [-0.2, -0.15) is 0 Å². The first-order valence-electron chi connectivity index (χ1n) is 7.12. The molecular formula is C14H17N3O4S. The Balaban J connectivity index is 1.73. The van der Waals surface area contributed by atoms with E-state index < -0.39 is 12.0 Å². The lowest BCUT2D eigenvalue weighted by Crippen LogP contribution is -2.71. The van der Waals surface area contributed by atoms with Gasteiger partial charge in [-0.25, -0.2) is 4.79 Å². The molecule has 3 atom stereocenters. The minimum atomic E-state index is -1.14. The van der Waals surface area contributed by atoms with Crippen molar-refractivity contribution < 1.29 is 19.5 Å². The van der Waals surface area contributed by atoms with Crippen LogP contribution in [0.3, 0.4) is 0 Å². The van der Waals surface area contributed by atoms with Crippen molar-refractivity contribution in [2.45, 2.75) is 30.3 Å². The highest BCUT2D eigenvalue weighted by Gasteiger charge is 2.54. The lowest BCUT2D eigenvalue weighted by Gasteiger charge is -2.49. The summed E-state index contributed by atoms with van der Waals surface area (Å²) in [6, 6.07) is -0.908. The molecule has 0 spiro atoms. The number of carbonyl (C=O) groups excluding carboxylic acids is 2. The van der Waals surface area contributed by atoms with Crippen molar-refractivity contribution in [3.63, 3.8) is 0 Å². The van der Waals surface area contributed by atoms with Crippen LogP contribution in [0, 0.1) is 0 Å². The first-order valence-corrected chi connectivity index (χ1v) is 8.16. The minimum absolute atomic E-state index is 0.0201. The van der Waals surface area contributed by atoms with Gasteiger partial charge in [0.15, 0.2) is 0 Å². The van der Waals surface area contributed by atoms with Crippen LogP contribution in [0.25, 0.3) is 0 Å². The van der Waals surface area contributed by atoms with E-state index in [9.17, 15) is 19.5 Å². The predicted octanol–water partition coefficient (Wildman–Crippen LogP) is -0.337. The number of aliphatic carboxylic acids is 1. The Bertz CT molecular complexity index is 583. The molecule has 3 rings (SSSR count). The maximum Gasteiger partial charge on any atom is 0.352 e. The van der Waals surface area contributed by atoms with Gasteiger partial charge in [0.25, 0.3) is 5.91 Å². The van der Waals surface area contributed by atoms with Gasteiger partial charge < -0.3 is 15.7 Å². The molecule has 118 valence electrons. The van der Waals surface area contributed by atoms with Crippen molar-refractivity contribution in [2.24, 2.45) is 0 Å². The van der Waals surface area contributed by atoms with Gasteiger partial charge in [0, 0.05) is 5.75 Å². The topological polar surface area (TPSA) is 98.7 Å². The summed E-state index contributed by atoms with van der Waals surface area (Å²) in [6.45, 7) is 4.40. The quantitative estimate of drug-likeness (QED) is 0.613. The number of nitrogens with one attached hydrogen (secondary N) is 2. The molecule has 2 saturated heterocycles. The fourth-order valence-corrected chi connectivity index (χ4v) is 4.30. The fourth-order valence-electron chi connectivity index (χ4n) is 2.96. The van der Waals surface area contributed by atoms with Gasteiger partial charge in [-0.3, -0.25) is 14.5 Å². The molecule has 0 aromatic carbocycles. The highest BCUT2D eigenvalue weighted by atomic mass is 32.2. The molecule has 0 aromatic heterocycles. The summed E-state index contributed by atoms with van der Waals surface area (Å²) in [6.07, 6.45) is 3.17. The number of carboxylic acids is 1. The number of allylic oxidation sites excluding steroid dienone is 1. The van der Waals surface area contributed by atoms with E-state index in [1.807, 2.05) is 0 Å². The highest BCUT2D eigenvalue weighted by molar-refractivity contribution is 8.00. The van der Waals surface area contributed by atoms with E-state index in [-0.39, 0.29) is 28.9 Å². The van der Waals surface area contributed by atoms with Crippen LogP contribution >= 0.6 is 11.8 Å². The zero-order valence-corrected chi connectivity index (χ0v) is 12.7. The molecule has 3 N–H and O–H groups in total. The van der Waals surface area contributed by atoms with Gasteiger partial charge in [-0.1, -0.05) is 12.7 Å². The fraction of sp³-hybridized carbons (Fsp3) is 0.500. The summed E-state index contributed by atoms with van der Waals surface area (Å²) in [5.41, 5.74) is 0.512. The van der Waals surface area contributed by atoms with Crippen molar-refractivity contribution in [1.29, 1.82) is 0 Å². The Kier molecular flexibility index (Phi) is 3.96. The van der Waals surface area contributed by atoms with Crippen LogP contribution in [-0.2, 0) is 14.4 Å². The Morgan fingerprint density at radius 2 is 2.27 bits per heavy atom. The second-order valence-electron chi connectivity index (χ2n) is 5.43. The third-order valence-corrected chi connectivity index (χ3v) is 5.42. The van der Waals surface area contributed by atoms with Gasteiger partial charge in [0.1, 0.15) is 17.1 Å². The summed E-state index contributed by atoms with van der Waals surface area (Å²) in [5, 5.41) is 14.8. The number of thioether (sulfide) groups is 1. The van der Waals surface area contributed by atoms with E-state index >= 15 is 0 Å². The monoisotopic (exact) mass is 323 g/mol. The average Bonchev–Trinajstić information content (AvgIpc) is 3.04. The van der Waals surface area contributed by atoms with Gasteiger partial charge in [0.05, 0.1) is 6.04 Å². The van der Waals surface area contributed by atoms with E-state index in [2.05, 4.69) is 17.2 Å². The number of β-lactam (4-membered cyclic amide) rings is 1. The number of carbonyl (C=O) groups is 3. The van der Waals surface area contributed by atoms with E-state index in [1.165, 1.54) is 22.7 Å². The first-order chi connectivity index (χ1) is 10.5. The van der Waals surface area contributed by atoms with E-state index in [0.717, 1.165) is 19.4 Å². The zero-order valence-electron chi connectivity index (χ0n) is 11.9. The Morgan fingerprint density at radius 3 is 2.86 bits per heavy atom. The predicted molar refractivity (Wildman–Crippen MR) is 80.9 cm³/mol. The highest BCUT2D eigenvalue weighted by Crippen LogP contribution is 2.40. The molecule has 0 radical (unpaired) electrons. The summed E-state index contributed by atoms with van der Waals surface area (Å²) >= 11 is 1.44. The SMILES string of the molecule is C=CC1=C(C(=O)O)N2C(=O)[C@@H](NC(=O)[C@@H]3CCCN3)[C@H]2SC1. The van der Waals surface area contributed by atoms with Crippen LogP contribution in [0.4, 0.5) is 0 Å². The van der Waals surface area contributed by atoms with E-state index in [4.69, 9.17) is 0 Å². The number of hydrogen-bond donors (Lipinski definition) is 3. The van der Waals surface area contributed by atoms with Crippen molar-refractivity contribution >= 4 is 29.5 Å². The van der Waals surface area contributed by atoms with Crippen molar-refractivity contribution in [3.8, 4) is 0 Å². The molecule has 0 aromatic rings. The Labute approximate surface area is 131 Å². The number of fused-ring (bicyclic) bond motifs is 1. The second kappa shape index (κ2) is 5.77. The maximum absolute atomic E-state index is 12.3. The zero-order chi connectivity index (χ0) is 15.9. The van der Waals surface area contributed by atoms with Crippen LogP contribution in [0.2, 0.25) is 0 Å². The molecule has 0 bridgehead atoms. The molecule has 0 saturated carbocycles. The van der Waals surface area contributed by atoms with Gasteiger partial charge >= 0.3 is 5.97 Å². The number of amides is 2. The van der Waals surface area contributed by atoms with E-state index in [0.29, 0.717) is 11.3 Å². The average molecular weight is 323 g/mol. The number of hydrogen-bond acceptors (Lipinski definition) is 5. The third-order valence-electron chi connectivity index (χ3n) is 4.12. The summed E-state index contributed by atoms with van der Waals surface area (Å²) in [5.74, 6) is -1.24. The number of carboxylic acid groups (broad SMARTS) is 1. The Morgan fingerprint density at radius 1 is 1.50 bits per heavy atom. The third kappa shape index (κ3) is 2.32. The lowest BCUT2D eigenvalue weighted by atomic mass is 10.0. The summed E-state index contributed by atoms with van der Waals surface area (Å²) in [4.78, 5) is 37.0. The molecule has 3 aliphatic heterocycles. The van der Waals surface area contributed by atoms with Crippen LogP contribution in [0.15, 0.2) is 23.9 Å². The molecule has 2 amide bonds. The molecule has 22 heavy (non-hydrogen) atoms. The summed E-state index contributed by atoms with van der Waals surface area (Å²) < 4.78 is 0. The van der Waals surface area contributed by atoms with Gasteiger partial charge in [0.2, 0.25) is 5.91 Å². The molecule has 0 unspecified atom stereocenters. The number of nitrogens with zero attached hydrogens (tertiary/aromatic N) is 1. The lowest BCUT2D eigenvalue weighted by molar-refractivity contribution is -0.150. The molecular weight excluding hydrogens is 306 g/mol.